The smallest absolute Gasteiger partial charge is 0.124 e. The molecular formula is C17H18ClNO. The molecule has 1 aliphatic rings. The predicted octanol–water partition coefficient (Wildman–Crippen LogP) is 4.67. The van der Waals surface area contributed by atoms with Crippen molar-refractivity contribution in [2.75, 3.05) is 12.4 Å². The predicted molar refractivity (Wildman–Crippen MR) is 84.0 cm³/mol. The maximum absolute atomic E-state index is 6.14. The largest absolute Gasteiger partial charge is 0.496 e. The number of fused-ring (bicyclic) bond motifs is 1. The van der Waals surface area contributed by atoms with Gasteiger partial charge in [-0.1, -0.05) is 23.7 Å². The van der Waals surface area contributed by atoms with E-state index in [1.807, 2.05) is 18.2 Å². The molecule has 0 spiro atoms. The van der Waals surface area contributed by atoms with E-state index < -0.39 is 0 Å². The van der Waals surface area contributed by atoms with E-state index in [0.29, 0.717) is 0 Å². The highest BCUT2D eigenvalue weighted by Gasteiger charge is 2.26. The van der Waals surface area contributed by atoms with Crippen LogP contribution >= 0.6 is 11.6 Å². The van der Waals surface area contributed by atoms with Gasteiger partial charge in [-0.2, -0.15) is 0 Å². The van der Waals surface area contributed by atoms with Crippen molar-refractivity contribution < 1.29 is 4.74 Å². The van der Waals surface area contributed by atoms with E-state index in [0.717, 1.165) is 22.8 Å². The van der Waals surface area contributed by atoms with Gasteiger partial charge in [0.05, 0.1) is 13.2 Å². The van der Waals surface area contributed by atoms with Gasteiger partial charge in [0.15, 0.2) is 0 Å². The second-order valence-electron chi connectivity index (χ2n) is 5.33. The Morgan fingerprint density at radius 2 is 2.00 bits per heavy atom. The van der Waals surface area contributed by atoms with E-state index >= 15 is 0 Å². The van der Waals surface area contributed by atoms with Crippen LogP contribution in [0.5, 0.6) is 5.75 Å². The molecule has 1 N–H and O–H groups in total. The molecule has 2 nitrogen and oxygen atoms in total. The van der Waals surface area contributed by atoms with Crippen molar-refractivity contribution in [3.8, 4) is 5.75 Å². The van der Waals surface area contributed by atoms with Gasteiger partial charge in [0.25, 0.3) is 0 Å². The molecule has 3 heteroatoms. The monoisotopic (exact) mass is 287 g/mol. The summed E-state index contributed by atoms with van der Waals surface area (Å²) in [5.74, 6) is 0.883. The molecule has 0 aromatic heterocycles. The number of benzene rings is 2. The van der Waals surface area contributed by atoms with E-state index in [4.69, 9.17) is 16.3 Å². The van der Waals surface area contributed by atoms with Crippen LogP contribution in [0, 0.1) is 13.8 Å². The summed E-state index contributed by atoms with van der Waals surface area (Å²) in [6, 6.07) is 10.4. The molecule has 2 aromatic carbocycles. The van der Waals surface area contributed by atoms with Crippen LogP contribution in [0.4, 0.5) is 5.69 Å². The van der Waals surface area contributed by atoms with E-state index in [9.17, 15) is 0 Å². The van der Waals surface area contributed by atoms with Gasteiger partial charge in [-0.15, -0.1) is 0 Å². The van der Waals surface area contributed by atoms with Crippen molar-refractivity contribution in [2.24, 2.45) is 0 Å². The standard InChI is InChI=1S/C17H18ClNO/c1-10-4-5-12-8-15(19-17(12)11(10)2)14-9-13(18)6-7-16(14)20-3/h4-7,9,15,19H,8H2,1-3H3. The molecule has 2 aromatic rings. The van der Waals surface area contributed by atoms with Crippen LogP contribution in [-0.4, -0.2) is 7.11 Å². The number of hydrogen-bond acceptors (Lipinski definition) is 2. The zero-order valence-corrected chi connectivity index (χ0v) is 12.7. The molecule has 0 bridgehead atoms. The zero-order chi connectivity index (χ0) is 14.3. The lowest BCUT2D eigenvalue weighted by Crippen LogP contribution is -2.08. The van der Waals surface area contributed by atoms with E-state index in [-0.39, 0.29) is 6.04 Å². The van der Waals surface area contributed by atoms with Crippen LogP contribution < -0.4 is 10.1 Å². The molecule has 0 saturated carbocycles. The summed E-state index contributed by atoms with van der Waals surface area (Å²) in [6.07, 6.45) is 0.965. The molecule has 20 heavy (non-hydrogen) atoms. The Bertz CT molecular complexity index is 666. The molecule has 0 radical (unpaired) electrons. The number of methoxy groups -OCH3 is 1. The van der Waals surface area contributed by atoms with Crippen molar-refractivity contribution in [2.45, 2.75) is 26.3 Å². The molecule has 0 saturated heterocycles. The molecule has 1 heterocycles. The molecule has 104 valence electrons. The molecule has 0 aliphatic carbocycles. The van der Waals surface area contributed by atoms with Crippen LogP contribution in [0.15, 0.2) is 30.3 Å². The fraction of sp³-hybridized carbons (Fsp3) is 0.294. The highest BCUT2D eigenvalue weighted by molar-refractivity contribution is 6.30. The summed E-state index contributed by atoms with van der Waals surface area (Å²) >= 11 is 6.14. The van der Waals surface area contributed by atoms with Crippen LogP contribution in [0.2, 0.25) is 5.02 Å². The van der Waals surface area contributed by atoms with Crippen LogP contribution in [0.1, 0.15) is 28.3 Å². The Labute approximate surface area is 124 Å². The van der Waals surface area contributed by atoms with E-state index in [2.05, 4.69) is 31.3 Å². The Hall–Kier alpha value is -1.67. The maximum atomic E-state index is 6.14. The first-order chi connectivity index (χ1) is 9.60. The molecule has 1 aliphatic heterocycles. The molecule has 0 fully saturated rings. The third-order valence-electron chi connectivity index (χ3n) is 4.13. The summed E-state index contributed by atoms with van der Waals surface area (Å²) in [5.41, 5.74) is 6.38. The van der Waals surface area contributed by atoms with Crippen LogP contribution in [0.3, 0.4) is 0 Å². The summed E-state index contributed by atoms with van der Waals surface area (Å²) in [4.78, 5) is 0. The summed E-state index contributed by atoms with van der Waals surface area (Å²) < 4.78 is 5.47. The Balaban J connectivity index is 2.00. The second-order valence-corrected chi connectivity index (χ2v) is 5.77. The van der Waals surface area contributed by atoms with Gasteiger partial charge >= 0.3 is 0 Å². The Kier molecular flexibility index (Phi) is 3.35. The lowest BCUT2D eigenvalue weighted by molar-refractivity contribution is 0.407. The molecule has 0 amide bonds. The van der Waals surface area contributed by atoms with Crippen molar-refractivity contribution in [3.05, 3.63) is 57.6 Å². The zero-order valence-electron chi connectivity index (χ0n) is 12.0. The SMILES string of the molecule is COc1ccc(Cl)cc1C1Cc2ccc(C)c(C)c2N1. The maximum Gasteiger partial charge on any atom is 0.124 e. The topological polar surface area (TPSA) is 21.3 Å². The summed E-state index contributed by atoms with van der Waals surface area (Å²) in [7, 11) is 1.70. The number of hydrogen-bond donors (Lipinski definition) is 1. The number of nitrogens with one attached hydrogen (secondary N) is 1. The highest BCUT2D eigenvalue weighted by Crippen LogP contribution is 2.40. The van der Waals surface area contributed by atoms with Crippen LogP contribution in [0.25, 0.3) is 0 Å². The number of halogens is 1. The fourth-order valence-corrected chi connectivity index (χ4v) is 3.03. The lowest BCUT2D eigenvalue weighted by atomic mass is 10.00. The van der Waals surface area contributed by atoms with Gasteiger partial charge in [0, 0.05) is 16.3 Å². The third kappa shape index (κ3) is 2.14. The molecular weight excluding hydrogens is 270 g/mol. The normalized spacial score (nSPS) is 16.7. The first-order valence-corrected chi connectivity index (χ1v) is 7.17. The van der Waals surface area contributed by atoms with Gasteiger partial charge < -0.3 is 10.1 Å². The highest BCUT2D eigenvalue weighted by atomic mass is 35.5. The van der Waals surface area contributed by atoms with Crippen LogP contribution in [-0.2, 0) is 6.42 Å². The lowest BCUT2D eigenvalue weighted by Gasteiger charge is -2.16. The fourth-order valence-electron chi connectivity index (χ4n) is 2.85. The first-order valence-electron chi connectivity index (χ1n) is 6.79. The molecule has 1 unspecified atom stereocenters. The van der Waals surface area contributed by atoms with Crippen molar-refractivity contribution >= 4 is 17.3 Å². The minimum Gasteiger partial charge on any atom is -0.496 e. The van der Waals surface area contributed by atoms with E-state index in [1.54, 1.807) is 7.11 Å². The van der Waals surface area contributed by atoms with Gasteiger partial charge in [-0.05, 0) is 55.2 Å². The number of aryl methyl sites for hydroxylation is 1. The van der Waals surface area contributed by atoms with Gasteiger partial charge in [0.1, 0.15) is 5.75 Å². The minimum atomic E-state index is 0.221. The van der Waals surface area contributed by atoms with Crippen molar-refractivity contribution in [1.29, 1.82) is 0 Å². The van der Waals surface area contributed by atoms with E-state index in [1.165, 1.54) is 22.4 Å². The number of rotatable bonds is 2. The summed E-state index contributed by atoms with van der Waals surface area (Å²) in [5, 5.41) is 4.37. The summed E-state index contributed by atoms with van der Waals surface area (Å²) in [6.45, 7) is 4.31. The minimum absolute atomic E-state index is 0.221. The van der Waals surface area contributed by atoms with Gasteiger partial charge in [-0.3, -0.25) is 0 Å². The van der Waals surface area contributed by atoms with Crippen molar-refractivity contribution in [1.82, 2.24) is 0 Å². The average molecular weight is 288 g/mol. The second kappa shape index (κ2) is 5.02. The van der Waals surface area contributed by atoms with Crippen molar-refractivity contribution in [3.63, 3.8) is 0 Å². The molecule has 3 rings (SSSR count). The Morgan fingerprint density at radius 1 is 1.20 bits per heavy atom. The quantitative estimate of drug-likeness (QED) is 0.866. The number of ether oxygens (including phenoxy) is 1. The Morgan fingerprint density at radius 3 is 2.75 bits per heavy atom. The average Bonchev–Trinajstić information content (AvgIpc) is 2.88. The van der Waals surface area contributed by atoms with Gasteiger partial charge in [-0.25, -0.2) is 0 Å². The van der Waals surface area contributed by atoms with Gasteiger partial charge in [0.2, 0.25) is 0 Å². The third-order valence-corrected chi connectivity index (χ3v) is 4.37. The number of anilines is 1. The molecule has 1 atom stereocenters. The first kappa shape index (κ1) is 13.3.